The van der Waals surface area contributed by atoms with Crippen molar-refractivity contribution in [1.82, 2.24) is 0 Å². The molecule has 0 atom stereocenters. The molecule has 0 bridgehead atoms. The van der Waals surface area contributed by atoms with Crippen LogP contribution in [0.2, 0.25) is 0 Å². The summed E-state index contributed by atoms with van der Waals surface area (Å²) in [5, 5.41) is 12.3. The summed E-state index contributed by atoms with van der Waals surface area (Å²) in [7, 11) is 0. The average molecular weight is 402 g/mol. The van der Waals surface area contributed by atoms with Gasteiger partial charge in [-0.3, -0.25) is 4.79 Å². The first kappa shape index (κ1) is 17.7. The number of ether oxygens (including phenoxy) is 1. The van der Waals surface area contributed by atoms with Crippen molar-refractivity contribution in [2.75, 3.05) is 13.1 Å². The molecular formula is C20H20BrNO3. The first-order chi connectivity index (χ1) is 12.0. The second-order valence-corrected chi connectivity index (χ2v) is 6.96. The van der Waals surface area contributed by atoms with Crippen LogP contribution in [0.4, 0.5) is 0 Å². The maximum Gasteiger partial charge on any atom is 0.231 e. The first-order valence-electron chi connectivity index (χ1n) is 8.39. The van der Waals surface area contributed by atoms with Crippen LogP contribution < -0.4 is 14.7 Å². The monoisotopic (exact) mass is 401 g/mol. The Kier molecular flexibility index (Phi) is 5.25. The zero-order valence-electron chi connectivity index (χ0n) is 14.3. The number of benzene rings is 2. The summed E-state index contributed by atoms with van der Waals surface area (Å²) in [5.74, 6) is 0.438. The van der Waals surface area contributed by atoms with Gasteiger partial charge in [0.25, 0.3) is 0 Å². The number of hydrogen-bond donors (Lipinski definition) is 1. The molecule has 0 aromatic heterocycles. The van der Waals surface area contributed by atoms with Crippen LogP contribution in [0.1, 0.15) is 35.3 Å². The Morgan fingerprint density at radius 1 is 1.20 bits per heavy atom. The summed E-state index contributed by atoms with van der Waals surface area (Å²) in [6.07, 6.45) is 1.71. The lowest BCUT2D eigenvalue weighted by atomic mass is 10.0. The second kappa shape index (κ2) is 7.42. The van der Waals surface area contributed by atoms with Crippen LogP contribution in [0.25, 0.3) is 6.08 Å². The van der Waals surface area contributed by atoms with Crippen molar-refractivity contribution in [2.45, 2.75) is 20.4 Å². The van der Waals surface area contributed by atoms with E-state index in [2.05, 4.69) is 29.8 Å². The summed E-state index contributed by atoms with van der Waals surface area (Å²) in [5.41, 5.74) is 1.92. The van der Waals surface area contributed by atoms with Crippen LogP contribution in [0.5, 0.6) is 11.5 Å². The van der Waals surface area contributed by atoms with E-state index in [1.807, 2.05) is 24.3 Å². The molecule has 0 amide bonds. The van der Waals surface area contributed by atoms with Crippen molar-refractivity contribution in [3.05, 3.63) is 63.3 Å². The highest BCUT2D eigenvalue weighted by molar-refractivity contribution is 9.10. The molecule has 130 valence electrons. The number of allylic oxidation sites excluding steroid dienone is 1. The molecule has 1 aliphatic rings. The number of halogens is 1. The van der Waals surface area contributed by atoms with Crippen molar-refractivity contribution in [1.29, 1.82) is 0 Å². The third-order valence-electron chi connectivity index (χ3n) is 4.47. The predicted octanol–water partition coefficient (Wildman–Crippen LogP) is 2.56. The number of hydrogen-bond acceptors (Lipinski definition) is 3. The molecule has 5 heteroatoms. The molecule has 25 heavy (non-hydrogen) atoms. The maximum absolute atomic E-state index is 12.7. The summed E-state index contributed by atoms with van der Waals surface area (Å²) in [6.45, 7) is 6.54. The van der Waals surface area contributed by atoms with E-state index in [1.165, 1.54) is 11.0 Å². The zero-order chi connectivity index (χ0) is 18.0. The molecule has 0 saturated carbocycles. The summed E-state index contributed by atoms with van der Waals surface area (Å²) < 4.78 is 6.78. The third-order valence-corrected chi connectivity index (χ3v) is 4.96. The average Bonchev–Trinajstić information content (AvgIpc) is 2.90. The number of carbonyl (C=O) groups is 1. The first-order valence-corrected chi connectivity index (χ1v) is 9.19. The van der Waals surface area contributed by atoms with E-state index in [4.69, 9.17) is 4.74 Å². The Morgan fingerprint density at radius 2 is 1.96 bits per heavy atom. The van der Waals surface area contributed by atoms with E-state index < -0.39 is 0 Å². The Hall–Kier alpha value is -2.11. The van der Waals surface area contributed by atoms with Crippen molar-refractivity contribution < 1.29 is 19.5 Å². The van der Waals surface area contributed by atoms with Gasteiger partial charge >= 0.3 is 0 Å². The van der Waals surface area contributed by atoms with E-state index in [-0.39, 0.29) is 17.3 Å². The van der Waals surface area contributed by atoms with Crippen LogP contribution in [0.15, 0.2) is 46.6 Å². The molecular weight excluding hydrogens is 382 g/mol. The molecule has 0 saturated heterocycles. The standard InChI is InChI=1S/C20H20BrNO3/c1-3-22(4-2)12-16-17(23)9-8-15-19(24)18(25-20(15)16)11-13-6-5-7-14(21)10-13/h5-11,23H,3-4,12H2,1-2H3. The van der Waals surface area contributed by atoms with Crippen LogP contribution in [0, 0.1) is 0 Å². The van der Waals surface area contributed by atoms with Gasteiger partial charge in [-0.25, -0.2) is 0 Å². The van der Waals surface area contributed by atoms with Gasteiger partial charge in [0.15, 0.2) is 5.76 Å². The Bertz CT molecular complexity index is 841. The minimum atomic E-state index is -0.175. The topological polar surface area (TPSA) is 53.8 Å². The summed E-state index contributed by atoms with van der Waals surface area (Å²) in [4.78, 5) is 13.9. The molecule has 0 radical (unpaired) electrons. The van der Waals surface area contributed by atoms with E-state index in [0.29, 0.717) is 23.4 Å². The van der Waals surface area contributed by atoms with Gasteiger partial charge < -0.3 is 14.7 Å². The summed E-state index contributed by atoms with van der Waals surface area (Å²) in [6, 6.07) is 10.7. The minimum Gasteiger partial charge on any atom is -0.872 e. The number of nitrogens with one attached hydrogen (secondary N) is 1. The maximum atomic E-state index is 12.7. The van der Waals surface area contributed by atoms with Crippen molar-refractivity contribution in [3.8, 4) is 11.5 Å². The second-order valence-electron chi connectivity index (χ2n) is 6.05. The number of carbonyl (C=O) groups excluding carboxylic acids is 1. The fraction of sp³-hybridized carbons (Fsp3) is 0.250. The quantitative estimate of drug-likeness (QED) is 0.783. The molecule has 2 aromatic carbocycles. The lowest BCUT2D eigenvalue weighted by Crippen LogP contribution is -3.10. The van der Waals surface area contributed by atoms with Gasteiger partial charge in [-0.05, 0) is 43.7 Å². The number of Topliss-reactive ketones (excluding diaryl/α,β-unsaturated/α-hetero) is 1. The van der Waals surface area contributed by atoms with E-state index in [9.17, 15) is 9.90 Å². The largest absolute Gasteiger partial charge is 0.872 e. The highest BCUT2D eigenvalue weighted by atomic mass is 79.9. The Balaban J connectivity index is 1.98. The molecule has 0 fully saturated rings. The number of quaternary nitrogens is 1. The van der Waals surface area contributed by atoms with Crippen LogP contribution in [-0.2, 0) is 6.54 Å². The molecule has 0 aliphatic carbocycles. The fourth-order valence-electron chi connectivity index (χ4n) is 2.95. The van der Waals surface area contributed by atoms with Crippen molar-refractivity contribution >= 4 is 27.8 Å². The van der Waals surface area contributed by atoms with E-state index in [1.54, 1.807) is 12.1 Å². The van der Waals surface area contributed by atoms with Gasteiger partial charge in [0, 0.05) is 10.0 Å². The molecule has 1 aliphatic heterocycles. The SMILES string of the molecule is CC[NH+](CC)Cc1c([O-])ccc2c1OC(=Cc1cccc(Br)c1)C2=O. The van der Waals surface area contributed by atoms with Crippen molar-refractivity contribution in [3.63, 3.8) is 0 Å². The molecule has 3 rings (SSSR count). The van der Waals surface area contributed by atoms with Gasteiger partial charge in [-0.15, -0.1) is 0 Å². The van der Waals surface area contributed by atoms with E-state index in [0.717, 1.165) is 23.1 Å². The highest BCUT2D eigenvalue weighted by Crippen LogP contribution is 2.38. The smallest absolute Gasteiger partial charge is 0.231 e. The minimum absolute atomic E-state index is 0.0744. The fourth-order valence-corrected chi connectivity index (χ4v) is 3.37. The third kappa shape index (κ3) is 3.62. The molecule has 1 heterocycles. The van der Waals surface area contributed by atoms with Crippen LogP contribution >= 0.6 is 15.9 Å². The number of fused-ring (bicyclic) bond motifs is 1. The molecule has 0 unspecified atom stereocenters. The zero-order valence-corrected chi connectivity index (χ0v) is 15.9. The van der Waals surface area contributed by atoms with Crippen LogP contribution in [-0.4, -0.2) is 18.9 Å². The lowest BCUT2D eigenvalue weighted by molar-refractivity contribution is -0.910. The van der Waals surface area contributed by atoms with Gasteiger partial charge in [0.1, 0.15) is 12.3 Å². The van der Waals surface area contributed by atoms with Gasteiger partial charge in [-0.2, -0.15) is 0 Å². The predicted molar refractivity (Wildman–Crippen MR) is 98.7 cm³/mol. The van der Waals surface area contributed by atoms with Gasteiger partial charge in [0.2, 0.25) is 5.78 Å². The number of rotatable bonds is 5. The molecule has 1 N–H and O–H groups in total. The lowest BCUT2D eigenvalue weighted by Gasteiger charge is -2.21. The molecule has 4 nitrogen and oxygen atoms in total. The van der Waals surface area contributed by atoms with Crippen LogP contribution in [0.3, 0.4) is 0 Å². The van der Waals surface area contributed by atoms with E-state index >= 15 is 0 Å². The number of ketones is 1. The normalized spacial score (nSPS) is 14.9. The molecule has 2 aromatic rings. The Labute approximate surface area is 155 Å². The van der Waals surface area contributed by atoms with Gasteiger partial charge in [0.05, 0.1) is 18.7 Å². The molecule has 0 spiro atoms. The highest BCUT2D eigenvalue weighted by Gasteiger charge is 2.30. The Morgan fingerprint density at radius 3 is 2.64 bits per heavy atom. The summed E-state index contributed by atoms with van der Waals surface area (Å²) >= 11 is 3.42. The van der Waals surface area contributed by atoms with Gasteiger partial charge in [-0.1, -0.05) is 39.9 Å². The van der Waals surface area contributed by atoms with Crippen molar-refractivity contribution in [2.24, 2.45) is 0 Å².